The second kappa shape index (κ2) is 10.6. The van der Waals surface area contributed by atoms with Crippen molar-refractivity contribution < 1.29 is 9.59 Å². The molecule has 0 aromatic carbocycles. The molecule has 0 aliphatic carbocycles. The van der Waals surface area contributed by atoms with E-state index in [2.05, 4.69) is 25.7 Å². The van der Waals surface area contributed by atoms with E-state index >= 15 is 0 Å². The Morgan fingerprint density at radius 2 is 1.48 bits per heavy atom. The summed E-state index contributed by atoms with van der Waals surface area (Å²) < 4.78 is 0. The van der Waals surface area contributed by atoms with E-state index in [1.54, 1.807) is 12.4 Å². The van der Waals surface area contributed by atoms with Crippen molar-refractivity contribution in [3.8, 4) is 0 Å². The molecule has 2 aromatic heterocycles. The maximum atomic E-state index is 11.6. The van der Waals surface area contributed by atoms with Gasteiger partial charge in [0.2, 0.25) is 0 Å². The summed E-state index contributed by atoms with van der Waals surface area (Å²) in [5.74, 6) is 0.0984. The van der Waals surface area contributed by atoms with Gasteiger partial charge < -0.3 is 10.2 Å². The van der Waals surface area contributed by atoms with Crippen molar-refractivity contribution in [3.05, 3.63) is 35.9 Å². The van der Waals surface area contributed by atoms with Crippen molar-refractivity contribution in [1.29, 1.82) is 0 Å². The Morgan fingerprint density at radius 1 is 0.920 bits per heavy atom. The van der Waals surface area contributed by atoms with E-state index in [0.29, 0.717) is 11.1 Å². The Bertz CT molecular complexity index is 612. The second-order valence-corrected chi connectivity index (χ2v) is 6.05. The van der Waals surface area contributed by atoms with Gasteiger partial charge in [0.1, 0.15) is 0 Å². The zero-order chi connectivity index (χ0) is 17.9. The highest BCUT2D eigenvalue weighted by Gasteiger charge is 2.19. The van der Waals surface area contributed by atoms with E-state index in [4.69, 9.17) is 11.6 Å². The summed E-state index contributed by atoms with van der Waals surface area (Å²) in [5.41, 5.74) is 1.06. The first kappa shape index (κ1) is 19.1. The number of hydrogen-bond donors (Lipinski definition) is 3. The molecule has 0 atom stereocenters. The molecule has 2 saturated heterocycles. The maximum absolute atomic E-state index is 11.6. The van der Waals surface area contributed by atoms with E-state index in [9.17, 15) is 9.59 Å². The number of amides is 1. The van der Waals surface area contributed by atoms with Gasteiger partial charge >= 0.3 is 0 Å². The fourth-order valence-corrected chi connectivity index (χ4v) is 2.56. The maximum Gasteiger partial charge on any atom is 0.257 e. The highest BCUT2D eigenvalue weighted by molar-refractivity contribution is 6.67. The molecule has 0 radical (unpaired) electrons. The van der Waals surface area contributed by atoms with Crippen LogP contribution in [0.4, 0.5) is 0 Å². The summed E-state index contributed by atoms with van der Waals surface area (Å²) in [6.45, 7) is 4.29. The quantitative estimate of drug-likeness (QED) is 0.702. The number of nitrogens with zero attached hydrogens (tertiary/aromatic N) is 3. The first-order valence-electron chi connectivity index (χ1n) is 8.36. The van der Waals surface area contributed by atoms with Gasteiger partial charge in [-0.1, -0.05) is 0 Å². The van der Waals surface area contributed by atoms with Crippen LogP contribution in [0.5, 0.6) is 0 Å². The molecule has 136 valence electrons. The van der Waals surface area contributed by atoms with Crippen LogP contribution in [-0.2, 0) is 0 Å². The lowest BCUT2D eigenvalue weighted by Crippen LogP contribution is -2.27. The largest absolute Gasteiger partial charge is 0.339 e. The van der Waals surface area contributed by atoms with Gasteiger partial charge in [-0.15, -0.1) is 0 Å². The van der Waals surface area contributed by atoms with Gasteiger partial charge in [-0.2, -0.15) is 10.2 Å². The van der Waals surface area contributed by atoms with E-state index in [-0.39, 0.29) is 5.91 Å². The average Bonchev–Trinajstić information content (AvgIpc) is 3.46. The Balaban J connectivity index is 0.000000149. The number of aromatic nitrogens is 4. The first-order chi connectivity index (χ1) is 12.2. The molecule has 2 fully saturated rings. The van der Waals surface area contributed by atoms with E-state index < -0.39 is 5.24 Å². The summed E-state index contributed by atoms with van der Waals surface area (Å²) >= 11 is 5.05. The summed E-state index contributed by atoms with van der Waals surface area (Å²) in [6.07, 6.45) is 11.1. The molecule has 2 aliphatic heterocycles. The normalized spacial score (nSPS) is 15.8. The van der Waals surface area contributed by atoms with Crippen molar-refractivity contribution in [2.75, 3.05) is 26.2 Å². The molecule has 9 heteroatoms. The third-order valence-corrected chi connectivity index (χ3v) is 4.04. The van der Waals surface area contributed by atoms with Crippen molar-refractivity contribution in [2.45, 2.75) is 25.7 Å². The fourth-order valence-electron chi connectivity index (χ4n) is 2.45. The van der Waals surface area contributed by atoms with Crippen molar-refractivity contribution >= 4 is 22.8 Å². The lowest BCUT2D eigenvalue weighted by molar-refractivity contribution is 0.0792. The number of nitrogens with one attached hydrogen (secondary N) is 3. The molecular weight excluding hydrogens is 344 g/mol. The predicted molar refractivity (Wildman–Crippen MR) is 94.6 cm³/mol. The fraction of sp³-hybridized carbons (Fsp3) is 0.500. The summed E-state index contributed by atoms with van der Waals surface area (Å²) in [6, 6.07) is 0. The number of aromatic amines is 2. The second-order valence-electron chi connectivity index (χ2n) is 5.70. The van der Waals surface area contributed by atoms with Crippen molar-refractivity contribution in [1.82, 2.24) is 30.6 Å². The molecule has 4 heterocycles. The van der Waals surface area contributed by atoms with E-state index in [1.807, 2.05) is 4.90 Å². The molecule has 2 aliphatic rings. The molecule has 2 aromatic rings. The molecule has 8 nitrogen and oxygen atoms in total. The van der Waals surface area contributed by atoms with Crippen LogP contribution in [-0.4, -0.2) is 62.6 Å². The molecule has 0 saturated carbocycles. The number of hydrogen-bond acceptors (Lipinski definition) is 5. The Morgan fingerprint density at radius 3 is 1.84 bits per heavy atom. The van der Waals surface area contributed by atoms with E-state index in [1.165, 1.54) is 38.3 Å². The van der Waals surface area contributed by atoms with Gasteiger partial charge in [0.25, 0.3) is 11.1 Å². The number of H-pyrrole nitrogens is 2. The monoisotopic (exact) mass is 366 g/mol. The van der Waals surface area contributed by atoms with Crippen LogP contribution < -0.4 is 5.32 Å². The molecule has 0 bridgehead atoms. The molecular formula is C16H23ClN6O2. The van der Waals surface area contributed by atoms with Crippen LogP contribution in [0, 0.1) is 0 Å². The van der Waals surface area contributed by atoms with Gasteiger partial charge in [-0.25, -0.2) is 0 Å². The average molecular weight is 367 g/mol. The Hall–Kier alpha value is -2.19. The van der Waals surface area contributed by atoms with Crippen molar-refractivity contribution in [3.63, 3.8) is 0 Å². The number of rotatable bonds is 2. The predicted octanol–water partition coefficient (Wildman–Crippen LogP) is 1.80. The lowest BCUT2D eigenvalue weighted by atomic mass is 10.3. The minimum absolute atomic E-state index is 0.0984. The van der Waals surface area contributed by atoms with Crippen LogP contribution in [0.3, 0.4) is 0 Å². The highest BCUT2D eigenvalue weighted by atomic mass is 35.5. The SMILES string of the molecule is C1CCNC1.O=C(Cl)c1cn[nH]c1.O=C(c1cn[nH]c1)N1CCCC1. The number of carbonyl (C=O) groups excluding carboxylic acids is 2. The summed E-state index contributed by atoms with van der Waals surface area (Å²) in [7, 11) is 0. The molecule has 3 N–H and O–H groups in total. The topological polar surface area (TPSA) is 107 Å². The molecule has 0 spiro atoms. The smallest absolute Gasteiger partial charge is 0.257 e. The van der Waals surface area contributed by atoms with Gasteiger partial charge in [-0.3, -0.25) is 19.8 Å². The van der Waals surface area contributed by atoms with Gasteiger partial charge in [0.15, 0.2) is 0 Å². The lowest BCUT2D eigenvalue weighted by Gasteiger charge is -2.12. The van der Waals surface area contributed by atoms with E-state index in [0.717, 1.165) is 25.9 Å². The third-order valence-electron chi connectivity index (χ3n) is 3.82. The van der Waals surface area contributed by atoms with Gasteiger partial charge in [0.05, 0.1) is 23.5 Å². The highest BCUT2D eigenvalue weighted by Crippen LogP contribution is 2.11. The minimum atomic E-state index is -0.487. The molecule has 0 unspecified atom stereocenters. The molecule has 4 rings (SSSR count). The Kier molecular flexibility index (Phi) is 8.14. The molecule has 1 amide bonds. The van der Waals surface area contributed by atoms with Gasteiger partial charge in [-0.05, 0) is 50.4 Å². The Labute approximate surface area is 151 Å². The van der Waals surface area contributed by atoms with Crippen LogP contribution in [0.2, 0.25) is 0 Å². The zero-order valence-electron chi connectivity index (χ0n) is 14.0. The summed E-state index contributed by atoms with van der Waals surface area (Å²) in [4.78, 5) is 23.7. The standard InChI is InChI=1S/C8H11N3O.C4H3ClN2O.C4H9N/c12-8(7-5-9-10-6-7)11-3-1-2-4-11;5-4(8)3-1-6-7-2-3;1-2-4-5-3-1/h5-6H,1-4H2,(H,9,10);1-2H,(H,6,7);5H,1-4H2. The number of halogens is 1. The van der Waals surface area contributed by atoms with Crippen LogP contribution in [0.15, 0.2) is 24.8 Å². The minimum Gasteiger partial charge on any atom is -0.339 e. The van der Waals surface area contributed by atoms with Crippen LogP contribution in [0.25, 0.3) is 0 Å². The van der Waals surface area contributed by atoms with Crippen LogP contribution in [0.1, 0.15) is 46.4 Å². The molecule has 25 heavy (non-hydrogen) atoms. The van der Waals surface area contributed by atoms with Crippen LogP contribution >= 0.6 is 11.6 Å². The van der Waals surface area contributed by atoms with Gasteiger partial charge in [0, 0.05) is 25.5 Å². The zero-order valence-corrected chi connectivity index (χ0v) is 14.8. The number of likely N-dealkylation sites (tertiary alicyclic amines) is 1. The van der Waals surface area contributed by atoms with Crippen molar-refractivity contribution in [2.24, 2.45) is 0 Å². The third kappa shape index (κ3) is 6.67. The summed E-state index contributed by atoms with van der Waals surface area (Å²) in [5, 5.41) is 15.1. The first-order valence-corrected chi connectivity index (χ1v) is 8.73. The number of carbonyl (C=O) groups is 2.